The smallest absolute Gasteiger partial charge is 0.270 e. The molecule has 1 unspecified atom stereocenters. The van der Waals surface area contributed by atoms with E-state index in [1.807, 2.05) is 20.8 Å². The molecule has 1 aromatic heterocycles. The molecule has 0 radical (unpaired) electrons. The van der Waals surface area contributed by atoms with Crippen molar-refractivity contribution in [1.29, 1.82) is 0 Å². The van der Waals surface area contributed by atoms with Crippen molar-refractivity contribution in [3.63, 3.8) is 0 Å². The van der Waals surface area contributed by atoms with Crippen molar-refractivity contribution >= 4 is 34.9 Å². The summed E-state index contributed by atoms with van der Waals surface area (Å²) in [5.41, 5.74) is 11.5. The SMILES string of the molecule is CCOCCCN(C(=O)c1snc(C(N)=O)c1N)C(C(=O)NCCC(C)C)c1ccc(O)c(OC)c1. The molecule has 1 aromatic carbocycles. The largest absolute Gasteiger partial charge is 0.504 e. The first-order chi connectivity index (χ1) is 17.1. The van der Waals surface area contributed by atoms with Crippen molar-refractivity contribution < 1.29 is 29.0 Å². The monoisotopic (exact) mass is 521 g/mol. The average Bonchev–Trinajstić information content (AvgIpc) is 3.22. The molecule has 2 aromatic rings. The summed E-state index contributed by atoms with van der Waals surface area (Å²) in [6, 6.07) is 3.38. The number of phenolic OH excluding ortho intramolecular Hbond substituents is 1. The van der Waals surface area contributed by atoms with Gasteiger partial charge >= 0.3 is 0 Å². The third-order valence-electron chi connectivity index (χ3n) is 5.41. The number of nitrogens with two attached hydrogens (primary N) is 2. The van der Waals surface area contributed by atoms with Gasteiger partial charge < -0.3 is 36.3 Å². The van der Waals surface area contributed by atoms with Gasteiger partial charge in [0.15, 0.2) is 17.2 Å². The summed E-state index contributed by atoms with van der Waals surface area (Å²) < 4.78 is 14.6. The Hall–Kier alpha value is -3.38. The van der Waals surface area contributed by atoms with Gasteiger partial charge in [-0.1, -0.05) is 19.9 Å². The summed E-state index contributed by atoms with van der Waals surface area (Å²) in [7, 11) is 1.39. The molecule has 0 fully saturated rings. The number of carbonyl (C=O) groups is 3. The van der Waals surface area contributed by atoms with Crippen LogP contribution in [0.25, 0.3) is 0 Å². The Morgan fingerprint density at radius 2 is 2.00 bits per heavy atom. The van der Waals surface area contributed by atoms with E-state index in [0.29, 0.717) is 37.7 Å². The number of rotatable bonds is 14. The Morgan fingerprint density at radius 1 is 1.28 bits per heavy atom. The van der Waals surface area contributed by atoms with Gasteiger partial charge in [-0.3, -0.25) is 14.4 Å². The van der Waals surface area contributed by atoms with Crippen molar-refractivity contribution in [2.45, 2.75) is 39.7 Å². The fourth-order valence-corrected chi connectivity index (χ4v) is 4.27. The van der Waals surface area contributed by atoms with Gasteiger partial charge in [0, 0.05) is 26.3 Å². The highest BCUT2D eigenvalue weighted by Crippen LogP contribution is 2.33. The Labute approximate surface area is 214 Å². The zero-order chi connectivity index (χ0) is 26.8. The van der Waals surface area contributed by atoms with Crippen LogP contribution in [0.4, 0.5) is 5.69 Å². The minimum absolute atomic E-state index is 0.00549. The van der Waals surface area contributed by atoms with E-state index in [0.717, 1.165) is 18.0 Å². The van der Waals surface area contributed by atoms with E-state index in [9.17, 15) is 19.5 Å². The minimum Gasteiger partial charge on any atom is -0.504 e. The maximum Gasteiger partial charge on any atom is 0.270 e. The lowest BCUT2D eigenvalue weighted by Crippen LogP contribution is -2.44. The van der Waals surface area contributed by atoms with Crippen LogP contribution in [0.3, 0.4) is 0 Å². The van der Waals surface area contributed by atoms with Crippen LogP contribution >= 0.6 is 11.5 Å². The highest BCUT2D eigenvalue weighted by molar-refractivity contribution is 7.09. The molecule has 0 aliphatic heterocycles. The molecule has 0 bridgehead atoms. The molecule has 0 spiro atoms. The van der Waals surface area contributed by atoms with Crippen LogP contribution in [0.2, 0.25) is 0 Å². The fourth-order valence-electron chi connectivity index (χ4n) is 3.51. The number of aromatic nitrogens is 1. The van der Waals surface area contributed by atoms with Gasteiger partial charge in [-0.05, 0) is 54.9 Å². The Balaban J connectivity index is 2.55. The molecule has 3 amide bonds. The molecule has 0 saturated carbocycles. The third-order valence-corrected chi connectivity index (χ3v) is 6.26. The first-order valence-corrected chi connectivity index (χ1v) is 12.5. The van der Waals surface area contributed by atoms with Crippen LogP contribution in [-0.4, -0.2) is 65.5 Å². The normalized spacial score (nSPS) is 11.8. The van der Waals surface area contributed by atoms with Gasteiger partial charge in [0.1, 0.15) is 10.9 Å². The number of methoxy groups -OCH3 is 1. The molecule has 2 rings (SSSR count). The summed E-state index contributed by atoms with van der Waals surface area (Å²) in [4.78, 5) is 40.3. The van der Waals surface area contributed by atoms with Gasteiger partial charge in [-0.15, -0.1) is 0 Å². The molecule has 198 valence electrons. The first-order valence-electron chi connectivity index (χ1n) is 11.7. The number of ether oxygens (including phenoxy) is 2. The molecule has 6 N–H and O–H groups in total. The lowest BCUT2D eigenvalue weighted by molar-refractivity contribution is -0.126. The average molecular weight is 522 g/mol. The predicted octanol–water partition coefficient (Wildman–Crippen LogP) is 2.31. The topological polar surface area (TPSA) is 170 Å². The zero-order valence-electron chi connectivity index (χ0n) is 21.1. The molecule has 36 heavy (non-hydrogen) atoms. The van der Waals surface area contributed by atoms with Crippen molar-refractivity contribution in [1.82, 2.24) is 14.6 Å². The second-order valence-electron chi connectivity index (χ2n) is 8.49. The third kappa shape index (κ3) is 7.31. The number of phenols is 1. The van der Waals surface area contributed by atoms with Gasteiger partial charge in [0.2, 0.25) is 5.91 Å². The summed E-state index contributed by atoms with van der Waals surface area (Å²) in [5.74, 6) is -1.42. The number of nitrogens with zero attached hydrogens (tertiary/aromatic N) is 2. The second kappa shape index (κ2) is 13.6. The lowest BCUT2D eigenvalue weighted by atomic mass is 10.0. The maximum atomic E-state index is 13.8. The van der Waals surface area contributed by atoms with E-state index in [1.165, 1.54) is 24.1 Å². The number of anilines is 1. The van der Waals surface area contributed by atoms with E-state index in [1.54, 1.807) is 6.07 Å². The van der Waals surface area contributed by atoms with Crippen LogP contribution in [0, 0.1) is 5.92 Å². The van der Waals surface area contributed by atoms with Gasteiger partial charge in [0.05, 0.1) is 12.8 Å². The summed E-state index contributed by atoms with van der Waals surface area (Å²) in [5, 5.41) is 13.0. The Bertz CT molecular complexity index is 1060. The highest BCUT2D eigenvalue weighted by Gasteiger charge is 2.35. The summed E-state index contributed by atoms with van der Waals surface area (Å²) >= 11 is 0.746. The van der Waals surface area contributed by atoms with Gasteiger partial charge in [-0.25, -0.2) is 0 Å². The zero-order valence-corrected chi connectivity index (χ0v) is 21.9. The molecule has 1 heterocycles. The van der Waals surface area contributed by atoms with Crippen molar-refractivity contribution in [3.05, 3.63) is 34.3 Å². The molecule has 0 saturated heterocycles. The number of primary amides is 1. The standard InChI is InChI=1S/C24H35N5O6S/c1-5-35-12-6-11-29(24(33)21-18(25)19(22(26)31)28-36-21)20(23(32)27-10-9-14(2)3)15-7-8-16(30)17(13-15)34-4/h7-8,13-14,20,30H,5-6,9-12,25H2,1-4H3,(H2,26,31)(H,27,32). The highest BCUT2D eigenvalue weighted by atomic mass is 32.1. The fraction of sp³-hybridized carbons (Fsp3) is 0.500. The number of benzene rings is 1. The van der Waals surface area contributed by atoms with Crippen molar-refractivity contribution in [3.8, 4) is 11.5 Å². The van der Waals surface area contributed by atoms with Gasteiger partial charge in [0.25, 0.3) is 11.8 Å². The summed E-state index contributed by atoms with van der Waals surface area (Å²) in [6.07, 6.45) is 1.19. The number of nitrogens with one attached hydrogen (secondary N) is 1. The minimum atomic E-state index is -1.08. The lowest BCUT2D eigenvalue weighted by Gasteiger charge is -2.31. The molecule has 11 nitrogen and oxygen atoms in total. The number of hydrogen-bond acceptors (Lipinski definition) is 9. The van der Waals surface area contributed by atoms with Crippen LogP contribution in [0.5, 0.6) is 11.5 Å². The van der Waals surface area contributed by atoms with Crippen LogP contribution in [0.15, 0.2) is 18.2 Å². The number of hydrogen-bond donors (Lipinski definition) is 4. The van der Waals surface area contributed by atoms with Gasteiger partial charge in [-0.2, -0.15) is 4.37 Å². The molecule has 0 aliphatic rings. The van der Waals surface area contributed by atoms with E-state index < -0.39 is 23.8 Å². The molecule has 0 aliphatic carbocycles. The quantitative estimate of drug-likeness (QED) is 0.274. The van der Waals surface area contributed by atoms with Crippen LogP contribution in [0.1, 0.15) is 65.4 Å². The number of carbonyl (C=O) groups excluding carboxylic acids is 3. The number of aromatic hydroxyl groups is 1. The maximum absolute atomic E-state index is 13.8. The van der Waals surface area contributed by atoms with E-state index in [2.05, 4.69) is 9.69 Å². The first kappa shape index (κ1) is 28.9. The van der Waals surface area contributed by atoms with Crippen molar-refractivity contribution in [2.75, 3.05) is 39.1 Å². The van der Waals surface area contributed by atoms with E-state index >= 15 is 0 Å². The summed E-state index contributed by atoms with van der Waals surface area (Å²) in [6.45, 7) is 7.38. The number of nitrogen functional groups attached to an aromatic ring is 1. The van der Waals surface area contributed by atoms with E-state index in [-0.39, 0.29) is 34.3 Å². The Morgan fingerprint density at radius 3 is 2.58 bits per heavy atom. The predicted molar refractivity (Wildman–Crippen MR) is 137 cm³/mol. The van der Waals surface area contributed by atoms with Crippen molar-refractivity contribution in [2.24, 2.45) is 11.7 Å². The molecular weight excluding hydrogens is 486 g/mol. The molecular formula is C24H35N5O6S. The van der Waals surface area contributed by atoms with Crippen LogP contribution in [-0.2, 0) is 9.53 Å². The second-order valence-corrected chi connectivity index (χ2v) is 9.27. The van der Waals surface area contributed by atoms with Crippen LogP contribution < -0.4 is 21.5 Å². The Kier molecular flexibility index (Phi) is 10.9. The number of amides is 3. The van der Waals surface area contributed by atoms with E-state index in [4.69, 9.17) is 20.9 Å². The molecule has 1 atom stereocenters. The molecule has 12 heteroatoms.